The molecule has 0 aromatic carbocycles. The van der Waals surface area contributed by atoms with Crippen molar-refractivity contribution < 1.29 is 9.59 Å². The number of likely N-dealkylation sites (tertiary alicyclic amines) is 1. The second-order valence-electron chi connectivity index (χ2n) is 6.59. The van der Waals surface area contributed by atoms with Crippen LogP contribution < -0.4 is 10.2 Å². The summed E-state index contributed by atoms with van der Waals surface area (Å²) < 4.78 is 1.93. The lowest BCUT2D eigenvalue weighted by Crippen LogP contribution is -2.59. The van der Waals surface area contributed by atoms with Gasteiger partial charge in [-0.2, -0.15) is 5.10 Å². The molecule has 8 nitrogen and oxygen atoms in total. The molecule has 0 bridgehead atoms. The van der Waals surface area contributed by atoms with Crippen molar-refractivity contribution in [3.05, 3.63) is 12.4 Å². The number of carbonyl (C=O) groups excluding carboxylic acids is 2. The summed E-state index contributed by atoms with van der Waals surface area (Å²) in [6.45, 7) is 3.94. The van der Waals surface area contributed by atoms with Crippen molar-refractivity contribution in [2.45, 2.75) is 24.9 Å². The van der Waals surface area contributed by atoms with Gasteiger partial charge in [-0.15, -0.1) is 0 Å². The van der Waals surface area contributed by atoms with E-state index in [-0.39, 0.29) is 24.0 Å². The van der Waals surface area contributed by atoms with Crippen molar-refractivity contribution in [3.8, 4) is 0 Å². The SMILES string of the molecule is CN1CCN(c2cnn(C3CN(C4CCCNC4=O)C3)c2)C1=O. The molecule has 3 aliphatic heterocycles. The Morgan fingerprint density at radius 2 is 2.09 bits per heavy atom. The van der Waals surface area contributed by atoms with Gasteiger partial charge in [-0.3, -0.25) is 19.3 Å². The van der Waals surface area contributed by atoms with Gasteiger partial charge < -0.3 is 10.2 Å². The number of hydrogen-bond donors (Lipinski definition) is 1. The Labute approximate surface area is 135 Å². The van der Waals surface area contributed by atoms with Gasteiger partial charge in [-0.25, -0.2) is 4.79 Å². The molecule has 1 unspecified atom stereocenters. The van der Waals surface area contributed by atoms with E-state index in [2.05, 4.69) is 15.3 Å². The molecule has 0 radical (unpaired) electrons. The molecule has 1 atom stereocenters. The third-order valence-corrected chi connectivity index (χ3v) is 5.08. The predicted octanol–water partition coefficient (Wildman–Crippen LogP) is -0.110. The smallest absolute Gasteiger partial charge is 0.324 e. The van der Waals surface area contributed by atoms with Crippen LogP contribution >= 0.6 is 0 Å². The minimum Gasteiger partial charge on any atom is -0.355 e. The van der Waals surface area contributed by atoms with Crippen LogP contribution in [0.15, 0.2) is 12.4 Å². The van der Waals surface area contributed by atoms with E-state index in [0.717, 1.165) is 44.7 Å². The van der Waals surface area contributed by atoms with E-state index in [1.54, 1.807) is 16.0 Å². The lowest BCUT2D eigenvalue weighted by atomic mass is 9.99. The van der Waals surface area contributed by atoms with Crippen LogP contribution in [0.4, 0.5) is 10.5 Å². The summed E-state index contributed by atoms with van der Waals surface area (Å²) in [5.74, 6) is 0.154. The fourth-order valence-corrected chi connectivity index (χ4v) is 3.57. The Balaban J connectivity index is 1.38. The topological polar surface area (TPSA) is 73.7 Å². The van der Waals surface area contributed by atoms with E-state index in [1.165, 1.54) is 0 Å². The van der Waals surface area contributed by atoms with Crippen LogP contribution in [0.25, 0.3) is 0 Å². The number of nitrogens with one attached hydrogen (secondary N) is 1. The van der Waals surface area contributed by atoms with Crippen LogP contribution in [0.3, 0.4) is 0 Å². The highest BCUT2D eigenvalue weighted by atomic mass is 16.2. The highest BCUT2D eigenvalue weighted by Crippen LogP contribution is 2.28. The molecule has 8 heteroatoms. The third kappa shape index (κ3) is 2.46. The summed E-state index contributed by atoms with van der Waals surface area (Å²) in [6.07, 6.45) is 5.69. The number of urea groups is 1. The molecule has 3 aliphatic rings. The number of likely N-dealkylation sites (N-methyl/N-ethyl adjacent to an activating group) is 1. The van der Waals surface area contributed by atoms with Crippen LogP contribution in [0.2, 0.25) is 0 Å². The van der Waals surface area contributed by atoms with Crippen LogP contribution in [-0.2, 0) is 4.79 Å². The van der Waals surface area contributed by atoms with Gasteiger partial charge in [0.25, 0.3) is 0 Å². The standard InChI is InChI=1S/C15H22N6O2/c1-18-5-6-20(15(18)23)11-7-17-21(10-11)12-8-19(9-12)13-3-2-4-16-14(13)22/h7,10,12-13H,2-6,8-9H2,1H3,(H,16,22). The van der Waals surface area contributed by atoms with Gasteiger partial charge >= 0.3 is 6.03 Å². The summed E-state index contributed by atoms with van der Waals surface area (Å²) in [5.41, 5.74) is 0.855. The number of amides is 3. The number of anilines is 1. The average molecular weight is 318 g/mol. The maximum Gasteiger partial charge on any atom is 0.324 e. The van der Waals surface area contributed by atoms with Crippen molar-refractivity contribution in [2.24, 2.45) is 0 Å². The summed E-state index contributed by atoms with van der Waals surface area (Å²) in [5, 5.41) is 7.35. The summed E-state index contributed by atoms with van der Waals surface area (Å²) in [6, 6.07) is 0.330. The maximum absolute atomic E-state index is 12.0. The monoisotopic (exact) mass is 318 g/mol. The molecule has 0 saturated carbocycles. The molecule has 124 valence electrons. The molecule has 1 N–H and O–H groups in total. The van der Waals surface area contributed by atoms with Crippen LogP contribution in [0.1, 0.15) is 18.9 Å². The first kappa shape index (κ1) is 14.5. The maximum atomic E-state index is 12.0. The van der Waals surface area contributed by atoms with Gasteiger partial charge in [0.05, 0.1) is 24.0 Å². The number of aromatic nitrogens is 2. The number of carbonyl (C=O) groups is 2. The number of nitrogens with zero attached hydrogens (tertiary/aromatic N) is 5. The van der Waals surface area contributed by atoms with E-state index in [9.17, 15) is 9.59 Å². The first-order chi connectivity index (χ1) is 11.1. The second kappa shape index (κ2) is 5.52. The molecular formula is C15H22N6O2. The minimum absolute atomic E-state index is 0.0174. The van der Waals surface area contributed by atoms with E-state index >= 15 is 0 Å². The van der Waals surface area contributed by atoms with Crippen molar-refractivity contribution in [2.75, 3.05) is 44.7 Å². The Bertz CT molecular complexity index is 623. The van der Waals surface area contributed by atoms with Crippen molar-refractivity contribution >= 4 is 17.6 Å². The zero-order valence-electron chi connectivity index (χ0n) is 13.3. The van der Waals surface area contributed by atoms with Gasteiger partial charge in [0.2, 0.25) is 5.91 Å². The van der Waals surface area contributed by atoms with E-state index in [4.69, 9.17) is 0 Å². The van der Waals surface area contributed by atoms with Gasteiger partial charge in [0.15, 0.2) is 0 Å². The normalized spacial score (nSPS) is 26.6. The number of piperidine rings is 1. The molecule has 4 heterocycles. The van der Waals surface area contributed by atoms with Crippen molar-refractivity contribution in [1.29, 1.82) is 0 Å². The van der Waals surface area contributed by atoms with Gasteiger partial charge in [0, 0.05) is 46.0 Å². The fourth-order valence-electron chi connectivity index (χ4n) is 3.57. The Morgan fingerprint density at radius 3 is 2.78 bits per heavy atom. The molecule has 1 aromatic rings. The van der Waals surface area contributed by atoms with Gasteiger partial charge in [-0.05, 0) is 12.8 Å². The Hall–Kier alpha value is -2.09. The Morgan fingerprint density at radius 1 is 1.26 bits per heavy atom. The van der Waals surface area contributed by atoms with Crippen LogP contribution in [0.5, 0.6) is 0 Å². The molecular weight excluding hydrogens is 296 g/mol. The predicted molar refractivity (Wildman–Crippen MR) is 84.2 cm³/mol. The zero-order valence-corrected chi connectivity index (χ0v) is 13.3. The van der Waals surface area contributed by atoms with Gasteiger partial charge in [0.1, 0.15) is 0 Å². The molecule has 0 spiro atoms. The summed E-state index contributed by atoms with van der Waals surface area (Å²) in [4.78, 5) is 29.6. The molecule has 3 fully saturated rings. The molecule has 0 aliphatic carbocycles. The quantitative estimate of drug-likeness (QED) is 0.844. The average Bonchev–Trinajstić information content (AvgIpc) is 3.08. The molecule has 3 saturated heterocycles. The molecule has 23 heavy (non-hydrogen) atoms. The fraction of sp³-hybridized carbons (Fsp3) is 0.667. The first-order valence-corrected chi connectivity index (χ1v) is 8.22. The second-order valence-corrected chi connectivity index (χ2v) is 6.59. The molecule has 3 amide bonds. The number of rotatable bonds is 3. The van der Waals surface area contributed by atoms with E-state index in [1.807, 2.05) is 17.9 Å². The van der Waals surface area contributed by atoms with Crippen molar-refractivity contribution in [1.82, 2.24) is 24.9 Å². The first-order valence-electron chi connectivity index (χ1n) is 8.22. The Kier molecular flexibility index (Phi) is 3.48. The van der Waals surface area contributed by atoms with E-state index < -0.39 is 0 Å². The van der Waals surface area contributed by atoms with Crippen molar-refractivity contribution in [3.63, 3.8) is 0 Å². The minimum atomic E-state index is 0.0174. The summed E-state index contributed by atoms with van der Waals surface area (Å²) >= 11 is 0. The lowest BCUT2D eigenvalue weighted by Gasteiger charge is -2.44. The molecule has 4 rings (SSSR count). The van der Waals surface area contributed by atoms with Crippen LogP contribution in [-0.4, -0.2) is 77.3 Å². The van der Waals surface area contributed by atoms with Crippen LogP contribution in [0, 0.1) is 0 Å². The highest BCUT2D eigenvalue weighted by molar-refractivity contribution is 5.93. The largest absolute Gasteiger partial charge is 0.355 e. The lowest BCUT2D eigenvalue weighted by molar-refractivity contribution is -0.131. The van der Waals surface area contributed by atoms with E-state index in [0.29, 0.717) is 6.54 Å². The number of hydrogen-bond acceptors (Lipinski definition) is 4. The highest BCUT2D eigenvalue weighted by Gasteiger charge is 2.38. The van der Waals surface area contributed by atoms with Gasteiger partial charge in [-0.1, -0.05) is 0 Å². The summed E-state index contributed by atoms with van der Waals surface area (Å²) in [7, 11) is 1.81. The molecule has 1 aromatic heterocycles. The third-order valence-electron chi connectivity index (χ3n) is 5.08. The zero-order chi connectivity index (χ0) is 16.0.